The summed E-state index contributed by atoms with van der Waals surface area (Å²) in [7, 11) is 0. The van der Waals surface area contributed by atoms with Crippen LogP contribution >= 0.6 is 11.8 Å². The minimum Gasteiger partial charge on any atom is -0.478 e. The summed E-state index contributed by atoms with van der Waals surface area (Å²) < 4.78 is 13.2. The summed E-state index contributed by atoms with van der Waals surface area (Å²) in [4.78, 5) is 28.7. The molecule has 1 fully saturated rings. The Balaban J connectivity index is 1.18. The zero-order valence-electron chi connectivity index (χ0n) is 27.6. The maximum atomic E-state index is 12.5. The largest absolute Gasteiger partial charge is 0.478 e. The number of carboxylic acid groups (broad SMARTS) is 1. The Bertz CT molecular complexity index is 1890. The van der Waals surface area contributed by atoms with Gasteiger partial charge >= 0.3 is 12.0 Å². The van der Waals surface area contributed by atoms with Crippen molar-refractivity contribution in [2.75, 3.05) is 5.75 Å². The van der Waals surface area contributed by atoms with E-state index in [-0.39, 0.29) is 36.3 Å². The van der Waals surface area contributed by atoms with Gasteiger partial charge in [-0.1, -0.05) is 110 Å². The second-order valence-corrected chi connectivity index (χ2v) is 13.1. The number of hydrogen-bond acceptors (Lipinski definition) is 7. The quantitative estimate of drug-likeness (QED) is 0.0991. The molecular weight excluding hydrogens is 651 g/mol. The van der Waals surface area contributed by atoms with Gasteiger partial charge in [0.2, 0.25) is 0 Å². The van der Waals surface area contributed by atoms with Crippen LogP contribution < -0.4 is 10.6 Å². The Hall–Kier alpha value is -5.00. The predicted octanol–water partition coefficient (Wildman–Crippen LogP) is 7.52. The van der Waals surface area contributed by atoms with Gasteiger partial charge in [-0.05, 0) is 45.5 Å². The Kier molecular flexibility index (Phi) is 11.6. The molecule has 1 aliphatic rings. The number of nitrogens with one attached hydrogen (secondary N) is 2. The Morgan fingerprint density at radius 2 is 1.48 bits per heavy atom. The number of urea groups is 1. The number of aliphatic hydroxyl groups is 1. The molecule has 10 heteroatoms. The number of amides is 2. The molecule has 1 aliphatic heterocycles. The number of carbonyl (C=O) groups excluding carboxylic acids is 1. The molecule has 256 valence electrons. The number of aromatic nitrogens is 1. The van der Waals surface area contributed by atoms with Crippen LogP contribution in [0.5, 0.6) is 0 Å². The first-order valence-corrected chi connectivity index (χ1v) is 17.4. The van der Waals surface area contributed by atoms with Crippen LogP contribution in [0.2, 0.25) is 0 Å². The van der Waals surface area contributed by atoms with Crippen molar-refractivity contribution in [1.82, 2.24) is 15.6 Å². The molecule has 5 aromatic rings. The molecule has 6 rings (SSSR count). The zero-order chi connectivity index (χ0) is 34.9. The van der Waals surface area contributed by atoms with Crippen molar-refractivity contribution in [2.24, 2.45) is 5.92 Å². The van der Waals surface area contributed by atoms with Crippen molar-refractivity contribution in [2.45, 2.75) is 50.1 Å². The summed E-state index contributed by atoms with van der Waals surface area (Å²) >= 11 is 1.36. The number of hydrogen-bond donors (Lipinski definition) is 4. The number of aromatic carboxylic acids is 1. The summed E-state index contributed by atoms with van der Waals surface area (Å²) in [5.41, 5.74) is 6.77. The van der Waals surface area contributed by atoms with Crippen LogP contribution in [-0.2, 0) is 29.2 Å². The number of pyridine rings is 1. The van der Waals surface area contributed by atoms with Crippen LogP contribution in [0.15, 0.2) is 126 Å². The van der Waals surface area contributed by atoms with Gasteiger partial charge in [-0.15, -0.1) is 11.8 Å². The maximum Gasteiger partial charge on any atom is 0.338 e. The second kappa shape index (κ2) is 16.6. The predicted molar refractivity (Wildman–Crippen MR) is 192 cm³/mol. The van der Waals surface area contributed by atoms with E-state index in [2.05, 4.69) is 22.5 Å². The van der Waals surface area contributed by atoms with Gasteiger partial charge in [0, 0.05) is 36.5 Å². The van der Waals surface area contributed by atoms with Gasteiger partial charge in [0.1, 0.15) is 5.03 Å². The van der Waals surface area contributed by atoms with Crippen molar-refractivity contribution in [3.8, 4) is 11.1 Å². The molecule has 1 aromatic heterocycles. The molecule has 50 heavy (non-hydrogen) atoms. The Morgan fingerprint density at radius 3 is 2.22 bits per heavy atom. The van der Waals surface area contributed by atoms with E-state index in [4.69, 9.17) is 9.47 Å². The number of benzene rings is 4. The van der Waals surface area contributed by atoms with Crippen LogP contribution in [0.25, 0.3) is 11.1 Å². The standard InChI is InChI=1S/C40H39N3O6S/c1-26-35(25-50-37-34(38(45)46)12-7-21-41-37)48-39(49-36(26)30-15-13-28(24-44)14-16-30)31-19-17-29(18-20-31)33-11-6-5-10-32(33)23-43-40(47)42-22-27-8-3-2-4-9-27/h2-21,26,35-36,39,44H,22-25H2,1H3,(H,45,46)(H2,42,43,47). The molecule has 4 atom stereocenters. The van der Waals surface area contributed by atoms with Gasteiger partial charge < -0.3 is 30.3 Å². The number of carbonyl (C=O) groups is 2. The molecule has 0 aliphatic carbocycles. The van der Waals surface area contributed by atoms with Crippen LogP contribution in [0.3, 0.4) is 0 Å². The number of rotatable bonds is 12. The maximum absolute atomic E-state index is 12.5. The molecule has 0 spiro atoms. The highest BCUT2D eigenvalue weighted by Crippen LogP contribution is 2.43. The SMILES string of the molecule is CC1C(CSc2ncccc2C(=O)O)OC(c2ccc(-c3ccccc3CNC(=O)NCc3ccccc3)cc2)OC1c1ccc(CO)cc1. The average Bonchev–Trinajstić information content (AvgIpc) is 3.16. The Labute approximate surface area is 295 Å². The molecule has 2 amide bonds. The summed E-state index contributed by atoms with van der Waals surface area (Å²) in [5, 5.41) is 25.6. The van der Waals surface area contributed by atoms with Gasteiger partial charge in [-0.2, -0.15) is 0 Å². The normalized spacial score (nSPS) is 18.7. The molecule has 1 saturated heterocycles. The molecule has 4 aromatic carbocycles. The summed E-state index contributed by atoms with van der Waals surface area (Å²) in [6.45, 7) is 2.83. The highest BCUT2D eigenvalue weighted by atomic mass is 32.2. The summed E-state index contributed by atoms with van der Waals surface area (Å²) in [6.07, 6.45) is 0.313. The highest BCUT2D eigenvalue weighted by molar-refractivity contribution is 7.99. The lowest BCUT2D eigenvalue weighted by Gasteiger charge is -2.41. The van der Waals surface area contributed by atoms with Crippen molar-refractivity contribution in [3.05, 3.63) is 155 Å². The van der Waals surface area contributed by atoms with E-state index < -0.39 is 12.3 Å². The molecule has 4 N–H and O–H groups in total. The monoisotopic (exact) mass is 689 g/mol. The molecule has 4 unspecified atom stereocenters. The van der Waals surface area contributed by atoms with Crippen LogP contribution in [-0.4, -0.2) is 39.1 Å². The lowest BCUT2D eigenvalue weighted by Crippen LogP contribution is -2.38. The van der Waals surface area contributed by atoms with E-state index in [1.807, 2.05) is 103 Å². The lowest BCUT2D eigenvalue weighted by molar-refractivity contribution is -0.268. The summed E-state index contributed by atoms with van der Waals surface area (Å²) in [6, 6.07) is 36.4. The first kappa shape index (κ1) is 34.8. The highest BCUT2D eigenvalue weighted by Gasteiger charge is 2.38. The fourth-order valence-electron chi connectivity index (χ4n) is 5.93. The first-order valence-electron chi connectivity index (χ1n) is 16.4. The van der Waals surface area contributed by atoms with Crippen LogP contribution in [0.4, 0.5) is 4.79 Å². The lowest BCUT2D eigenvalue weighted by atomic mass is 9.91. The minimum absolute atomic E-state index is 0.0463. The van der Waals surface area contributed by atoms with Crippen molar-refractivity contribution in [1.29, 1.82) is 0 Å². The van der Waals surface area contributed by atoms with Crippen molar-refractivity contribution in [3.63, 3.8) is 0 Å². The van der Waals surface area contributed by atoms with Gasteiger partial charge in [0.05, 0.1) is 24.4 Å². The van der Waals surface area contributed by atoms with Gasteiger partial charge in [0.15, 0.2) is 6.29 Å². The minimum atomic E-state index is -1.02. The van der Waals surface area contributed by atoms with Gasteiger partial charge in [-0.25, -0.2) is 14.6 Å². The Morgan fingerprint density at radius 1 is 0.780 bits per heavy atom. The molecule has 0 radical (unpaired) electrons. The first-order chi connectivity index (χ1) is 24.4. The van der Waals surface area contributed by atoms with Crippen molar-refractivity contribution < 1.29 is 29.3 Å². The van der Waals surface area contributed by atoms with E-state index in [1.54, 1.807) is 18.3 Å². The van der Waals surface area contributed by atoms with Crippen LogP contribution in [0.1, 0.15) is 57.5 Å². The smallest absolute Gasteiger partial charge is 0.338 e. The van der Waals surface area contributed by atoms with Crippen molar-refractivity contribution >= 4 is 23.8 Å². The molecule has 0 bridgehead atoms. The molecule has 0 saturated carbocycles. The summed E-state index contributed by atoms with van der Waals surface area (Å²) in [5.74, 6) is -0.620. The number of nitrogens with zero attached hydrogens (tertiary/aromatic N) is 1. The fraction of sp³-hybridized carbons (Fsp3) is 0.225. The van der Waals surface area contributed by atoms with E-state index in [0.29, 0.717) is 23.9 Å². The third-order valence-corrected chi connectivity index (χ3v) is 9.85. The van der Waals surface area contributed by atoms with Crippen LogP contribution in [0, 0.1) is 5.92 Å². The van der Waals surface area contributed by atoms with E-state index >= 15 is 0 Å². The topological polar surface area (TPSA) is 130 Å². The molecular formula is C40H39N3O6S. The van der Waals surface area contributed by atoms with Gasteiger partial charge in [0.25, 0.3) is 0 Å². The fourth-order valence-corrected chi connectivity index (χ4v) is 7.08. The average molecular weight is 690 g/mol. The third kappa shape index (κ3) is 8.58. The molecule has 9 nitrogen and oxygen atoms in total. The number of carboxylic acids is 1. The second-order valence-electron chi connectivity index (χ2n) is 12.1. The van der Waals surface area contributed by atoms with E-state index in [1.165, 1.54) is 11.8 Å². The van der Waals surface area contributed by atoms with E-state index in [0.717, 1.165) is 38.9 Å². The van der Waals surface area contributed by atoms with Gasteiger partial charge in [-0.3, -0.25) is 0 Å². The third-order valence-electron chi connectivity index (χ3n) is 8.76. The molecule has 2 heterocycles. The number of ether oxygens (including phenoxy) is 2. The zero-order valence-corrected chi connectivity index (χ0v) is 28.4. The number of aliphatic hydroxyl groups excluding tert-OH is 1. The number of thioether (sulfide) groups is 1. The van der Waals surface area contributed by atoms with E-state index in [9.17, 15) is 19.8 Å².